The maximum Gasteiger partial charge on any atom is 0.330 e. The molecule has 0 radical (unpaired) electrons. The number of nitrogens with zero attached hydrogens (tertiary/aromatic N) is 2. The van der Waals surface area contributed by atoms with E-state index in [1.54, 1.807) is 18.2 Å². The van der Waals surface area contributed by atoms with Crippen molar-refractivity contribution in [1.82, 2.24) is 0 Å². The molecule has 218 valence electrons. The summed E-state index contributed by atoms with van der Waals surface area (Å²) >= 11 is 0. The van der Waals surface area contributed by atoms with Crippen LogP contribution in [0.2, 0.25) is 0 Å². The fourth-order valence-corrected chi connectivity index (χ4v) is 6.98. The van der Waals surface area contributed by atoms with Gasteiger partial charge in [0.1, 0.15) is 19.3 Å². The third-order valence-electron chi connectivity index (χ3n) is 8.88. The van der Waals surface area contributed by atoms with E-state index in [4.69, 9.17) is 14.2 Å². The number of hydrogen-bond acceptors (Lipinski definition) is 7. The van der Waals surface area contributed by atoms with Gasteiger partial charge < -0.3 is 19.1 Å². The minimum atomic E-state index is -1.02. The summed E-state index contributed by atoms with van der Waals surface area (Å²) in [6, 6.07) is 30.3. The maximum absolute atomic E-state index is 14.5. The Balaban J connectivity index is 1.21. The van der Waals surface area contributed by atoms with Crippen molar-refractivity contribution in [3.8, 4) is 11.5 Å². The highest BCUT2D eigenvalue weighted by Crippen LogP contribution is 2.50. The van der Waals surface area contributed by atoms with E-state index >= 15 is 0 Å². The van der Waals surface area contributed by atoms with Gasteiger partial charge in [-0.1, -0.05) is 91.0 Å². The Bertz CT molecular complexity index is 1770. The standard InChI is InChI=1S/C36H28N2O6/c39-34-30-27-17-15-22-9-7-8-14-26(22)38(27)32(31(30)35(40)37(34)25-16-18-28-29(21-25)43-20-19-42-28)36(41)44-33(23-10-3-1-4-11-23)24-12-5-2-6-13-24/h1-18,21,27,30-33H,19-20H2/t27-,30-,31-,32+/m1/s1. The first-order chi connectivity index (χ1) is 21.6. The summed E-state index contributed by atoms with van der Waals surface area (Å²) < 4.78 is 17.7. The quantitative estimate of drug-likeness (QED) is 0.236. The van der Waals surface area contributed by atoms with Gasteiger partial charge in [-0.3, -0.25) is 9.59 Å². The average Bonchev–Trinajstić information content (AvgIpc) is 3.56. The number of carbonyl (C=O) groups excluding carboxylic acids is 3. The van der Waals surface area contributed by atoms with E-state index in [1.165, 1.54) is 4.90 Å². The van der Waals surface area contributed by atoms with Crippen molar-refractivity contribution in [3.05, 3.63) is 126 Å². The van der Waals surface area contributed by atoms with Crippen LogP contribution in [-0.4, -0.2) is 43.1 Å². The fourth-order valence-electron chi connectivity index (χ4n) is 6.98. The monoisotopic (exact) mass is 584 g/mol. The molecule has 4 heterocycles. The van der Waals surface area contributed by atoms with Crippen LogP contribution >= 0.6 is 0 Å². The molecule has 4 aromatic rings. The lowest BCUT2D eigenvalue weighted by atomic mass is 9.88. The number of fused-ring (bicyclic) bond motifs is 6. The smallest absolute Gasteiger partial charge is 0.330 e. The van der Waals surface area contributed by atoms with Crippen LogP contribution in [0.5, 0.6) is 11.5 Å². The molecule has 0 saturated carbocycles. The molecule has 0 bridgehead atoms. The SMILES string of the molecule is O=C(OC(c1ccccc1)c1ccccc1)[C@@H]1[C@@H]2C(=O)N(c3ccc4c(c3)OCCO4)C(=O)[C@@H]2[C@H]2C=Cc3ccccc3N21. The van der Waals surface area contributed by atoms with Crippen LogP contribution in [-0.2, 0) is 19.1 Å². The molecule has 44 heavy (non-hydrogen) atoms. The Labute approximate surface area is 254 Å². The molecule has 2 fully saturated rings. The fraction of sp³-hybridized carbons (Fsp3) is 0.194. The highest BCUT2D eigenvalue weighted by Gasteiger charge is 2.65. The molecule has 0 N–H and O–H groups in total. The van der Waals surface area contributed by atoms with E-state index in [1.807, 2.05) is 102 Å². The third-order valence-corrected chi connectivity index (χ3v) is 8.88. The Morgan fingerprint density at radius 2 is 1.39 bits per heavy atom. The van der Waals surface area contributed by atoms with E-state index in [-0.39, 0.29) is 5.91 Å². The molecule has 0 aromatic heterocycles. The predicted octanol–water partition coefficient (Wildman–Crippen LogP) is 5.18. The zero-order chi connectivity index (χ0) is 29.8. The first-order valence-electron chi connectivity index (χ1n) is 14.7. The Morgan fingerprint density at radius 3 is 2.11 bits per heavy atom. The second-order valence-electron chi connectivity index (χ2n) is 11.3. The van der Waals surface area contributed by atoms with E-state index in [0.717, 1.165) is 22.4 Å². The normalized spacial score (nSPS) is 22.9. The lowest BCUT2D eigenvalue weighted by molar-refractivity contribution is -0.151. The lowest BCUT2D eigenvalue weighted by Crippen LogP contribution is -2.49. The van der Waals surface area contributed by atoms with Gasteiger partial charge in [-0.15, -0.1) is 0 Å². The van der Waals surface area contributed by atoms with Crippen molar-refractivity contribution in [3.63, 3.8) is 0 Å². The molecule has 4 atom stereocenters. The summed E-state index contributed by atoms with van der Waals surface area (Å²) in [7, 11) is 0. The molecule has 0 unspecified atom stereocenters. The molecule has 8 heteroatoms. The van der Waals surface area contributed by atoms with Gasteiger partial charge in [-0.05, 0) is 34.9 Å². The van der Waals surface area contributed by atoms with E-state index in [9.17, 15) is 14.4 Å². The molecule has 8 nitrogen and oxygen atoms in total. The molecular formula is C36H28N2O6. The van der Waals surface area contributed by atoms with Crippen molar-refractivity contribution in [1.29, 1.82) is 0 Å². The predicted molar refractivity (Wildman–Crippen MR) is 163 cm³/mol. The summed E-state index contributed by atoms with van der Waals surface area (Å²) in [5.74, 6) is -2.03. The molecule has 4 aliphatic rings. The van der Waals surface area contributed by atoms with Gasteiger partial charge >= 0.3 is 5.97 Å². The first-order valence-corrected chi connectivity index (χ1v) is 14.7. The third kappa shape index (κ3) is 4.09. The van der Waals surface area contributed by atoms with Crippen LogP contribution in [0.25, 0.3) is 6.08 Å². The zero-order valence-electron chi connectivity index (χ0n) is 23.6. The number of esters is 1. The van der Waals surface area contributed by atoms with Gasteiger partial charge in [0.25, 0.3) is 0 Å². The van der Waals surface area contributed by atoms with Crippen LogP contribution < -0.4 is 19.3 Å². The minimum Gasteiger partial charge on any atom is -0.486 e. The van der Waals surface area contributed by atoms with Gasteiger partial charge in [0.05, 0.1) is 23.6 Å². The number of ether oxygens (including phenoxy) is 3. The molecule has 0 aliphatic carbocycles. The van der Waals surface area contributed by atoms with Gasteiger partial charge in [-0.25, -0.2) is 9.69 Å². The highest BCUT2D eigenvalue weighted by atomic mass is 16.6. The van der Waals surface area contributed by atoms with Crippen molar-refractivity contribution >= 4 is 35.2 Å². The molecule has 2 saturated heterocycles. The number of amides is 2. The number of anilines is 2. The summed E-state index contributed by atoms with van der Waals surface area (Å²) in [5.41, 5.74) is 3.71. The number of carbonyl (C=O) groups is 3. The minimum absolute atomic E-state index is 0.353. The van der Waals surface area contributed by atoms with Gasteiger partial charge in [0.2, 0.25) is 11.8 Å². The molecule has 4 aromatic carbocycles. The number of imide groups is 1. The Kier molecular flexibility index (Phi) is 6.22. The number of rotatable bonds is 5. The van der Waals surface area contributed by atoms with E-state index in [2.05, 4.69) is 0 Å². The first kappa shape index (κ1) is 26.3. The highest BCUT2D eigenvalue weighted by molar-refractivity contribution is 6.24. The molecular weight excluding hydrogens is 556 g/mol. The summed E-state index contributed by atoms with van der Waals surface area (Å²) in [5, 5.41) is 0. The zero-order valence-corrected chi connectivity index (χ0v) is 23.6. The van der Waals surface area contributed by atoms with Crippen LogP contribution in [0, 0.1) is 11.8 Å². The van der Waals surface area contributed by atoms with Crippen LogP contribution in [0.3, 0.4) is 0 Å². The van der Waals surface area contributed by atoms with Gasteiger partial charge in [0.15, 0.2) is 17.6 Å². The van der Waals surface area contributed by atoms with Gasteiger partial charge in [-0.2, -0.15) is 0 Å². The number of para-hydroxylation sites is 1. The maximum atomic E-state index is 14.5. The average molecular weight is 585 g/mol. The van der Waals surface area contributed by atoms with Crippen molar-refractivity contribution < 1.29 is 28.6 Å². The summed E-state index contributed by atoms with van der Waals surface area (Å²) in [4.78, 5) is 46.1. The molecule has 8 rings (SSSR count). The van der Waals surface area contributed by atoms with Crippen LogP contribution in [0.1, 0.15) is 22.8 Å². The summed E-state index contributed by atoms with van der Waals surface area (Å²) in [6.07, 6.45) is 3.19. The topological polar surface area (TPSA) is 85.4 Å². The number of benzene rings is 4. The number of hydrogen-bond donors (Lipinski definition) is 0. The lowest BCUT2D eigenvalue weighted by Gasteiger charge is -2.36. The molecule has 2 amide bonds. The molecule has 4 aliphatic heterocycles. The Morgan fingerprint density at radius 1 is 0.750 bits per heavy atom. The van der Waals surface area contributed by atoms with Crippen molar-refractivity contribution in [2.45, 2.75) is 18.2 Å². The van der Waals surface area contributed by atoms with Crippen LogP contribution in [0.4, 0.5) is 11.4 Å². The second kappa shape index (κ2) is 10.4. The van der Waals surface area contributed by atoms with E-state index < -0.39 is 41.9 Å². The van der Waals surface area contributed by atoms with Crippen LogP contribution in [0.15, 0.2) is 109 Å². The van der Waals surface area contributed by atoms with Crippen molar-refractivity contribution in [2.75, 3.05) is 23.0 Å². The van der Waals surface area contributed by atoms with Gasteiger partial charge in [0, 0.05) is 11.8 Å². The largest absolute Gasteiger partial charge is 0.486 e. The summed E-state index contributed by atoms with van der Waals surface area (Å²) in [6.45, 7) is 0.808. The second-order valence-corrected chi connectivity index (χ2v) is 11.3. The molecule has 0 spiro atoms. The van der Waals surface area contributed by atoms with Crippen molar-refractivity contribution in [2.24, 2.45) is 11.8 Å². The van der Waals surface area contributed by atoms with E-state index in [0.29, 0.717) is 30.4 Å². The Hall–Kier alpha value is -5.37.